The first-order valence-corrected chi connectivity index (χ1v) is 29.8. The van der Waals surface area contributed by atoms with Gasteiger partial charge in [0.15, 0.2) is 41.9 Å². The van der Waals surface area contributed by atoms with Crippen molar-refractivity contribution in [3.05, 3.63) is 53.6 Å². The molecule has 23 nitrogen and oxygen atoms in total. The first-order valence-electron chi connectivity index (χ1n) is 28.4. The monoisotopic (exact) mass is 1170 g/mol. The Morgan fingerprint density at radius 3 is 2.13 bits per heavy atom. The van der Waals surface area contributed by atoms with Gasteiger partial charge in [-0.15, -0.1) is 0 Å². The van der Waals surface area contributed by atoms with Crippen LogP contribution in [-0.2, 0) is 57.6 Å². The van der Waals surface area contributed by atoms with Crippen LogP contribution in [0.2, 0.25) is 0 Å². The third-order valence-corrected chi connectivity index (χ3v) is 20.7. The lowest BCUT2D eigenvalue weighted by Crippen LogP contribution is -2.64. The summed E-state index contributed by atoms with van der Waals surface area (Å²) < 4.78 is 81.1. The number of anilines is 1. The zero-order valence-corrected chi connectivity index (χ0v) is 49.1. The van der Waals surface area contributed by atoms with Crippen molar-refractivity contribution in [2.75, 3.05) is 52.9 Å². The van der Waals surface area contributed by atoms with Crippen LogP contribution in [0.4, 0.5) is 5.69 Å². The summed E-state index contributed by atoms with van der Waals surface area (Å²) in [5.41, 5.74) is -1.29. The van der Waals surface area contributed by atoms with Crippen LogP contribution in [0.25, 0.3) is 11.0 Å². The van der Waals surface area contributed by atoms with Crippen molar-refractivity contribution >= 4 is 50.4 Å². The molecular formula is C58H80N4O19S. The van der Waals surface area contributed by atoms with Crippen molar-refractivity contribution in [1.29, 1.82) is 0 Å². The number of allylic oxidation sites excluding steroid dienone is 1. The van der Waals surface area contributed by atoms with E-state index in [9.17, 15) is 48.0 Å². The molecule has 5 fully saturated rings. The maximum atomic E-state index is 14.4. The fourth-order valence-electron chi connectivity index (χ4n) is 14.2. The number of rotatable bonds is 19. The molecule has 0 radical (unpaired) electrons. The van der Waals surface area contributed by atoms with Crippen molar-refractivity contribution in [2.45, 2.75) is 171 Å². The van der Waals surface area contributed by atoms with Crippen LogP contribution in [0.15, 0.2) is 57.6 Å². The number of aromatic nitrogens is 2. The highest BCUT2D eigenvalue weighted by Crippen LogP contribution is 2.69. The summed E-state index contributed by atoms with van der Waals surface area (Å²) in [6, 6.07) is 8.58. The molecule has 2 aromatic carbocycles. The van der Waals surface area contributed by atoms with Gasteiger partial charge in [-0.2, -0.15) is 0 Å². The number of nitrogens with zero attached hydrogens (tertiary/aromatic N) is 4. The quantitative estimate of drug-likeness (QED) is 0.0730. The second-order valence-electron chi connectivity index (χ2n) is 24.4. The third kappa shape index (κ3) is 11.4. The summed E-state index contributed by atoms with van der Waals surface area (Å²) in [7, 11) is 1.66. The summed E-state index contributed by atoms with van der Waals surface area (Å²) in [6.45, 7) is 9.78. The Morgan fingerprint density at radius 1 is 0.817 bits per heavy atom. The number of carbonyl (C=O) groups is 4. The number of ether oxygens (including phenoxy) is 8. The molecule has 0 unspecified atom stereocenters. The van der Waals surface area contributed by atoms with Gasteiger partial charge in [-0.05, 0) is 127 Å². The standard InChI is InChI=1S/C58H80N4O19S/c1-30(2)11-19-41(65)31(3)58(70)45(26-39-37-17-14-34-25-35(64)21-23-56(34,5)38(37)22-24-57(39,58)6)77-54-51(76-32(4)63)50(43(67)29-74-54)80-55-52(79-53(69)33-12-15-36(73-10)16-13-33)49(42(66)28-75-55)78-46(68)27-62(9)40-18-20-44(82(71,72)61(7)8)48-47(40)59-81-60-48/h12-16,18,20,30-31,35,37-39,42-43,45,49-52,54-55,64,66-67,70H,11,17,19,21-29H2,1-10H3/t31-,35+,37-,38+,39+,42-,43+,45+,49+,50+,51-,52-,54+,55+,56+,57+,58-/m1/s1. The number of aliphatic hydroxyl groups is 4. The van der Waals surface area contributed by atoms with E-state index >= 15 is 0 Å². The van der Waals surface area contributed by atoms with E-state index in [1.807, 2.05) is 13.8 Å². The molecule has 1 aromatic heterocycles. The predicted molar refractivity (Wildman–Crippen MR) is 291 cm³/mol. The van der Waals surface area contributed by atoms with Crippen LogP contribution in [0.1, 0.15) is 110 Å². The maximum absolute atomic E-state index is 14.4. The van der Waals surface area contributed by atoms with E-state index in [2.05, 4.69) is 30.2 Å². The van der Waals surface area contributed by atoms with Gasteiger partial charge in [0.05, 0.1) is 43.8 Å². The Hall–Kier alpha value is -5.15. The molecule has 17 atom stereocenters. The molecule has 24 heteroatoms. The van der Waals surface area contributed by atoms with Crippen molar-refractivity contribution in [3.8, 4) is 5.75 Å². The van der Waals surface area contributed by atoms with Gasteiger partial charge in [-0.3, -0.25) is 14.4 Å². The normalized spacial score (nSPS) is 35.0. The number of ketones is 1. The zero-order chi connectivity index (χ0) is 59.4. The molecule has 0 spiro atoms. The molecule has 452 valence electrons. The van der Waals surface area contributed by atoms with Gasteiger partial charge in [-0.25, -0.2) is 22.1 Å². The zero-order valence-electron chi connectivity index (χ0n) is 48.3. The molecule has 82 heavy (non-hydrogen) atoms. The highest BCUT2D eigenvalue weighted by molar-refractivity contribution is 7.89. The fourth-order valence-corrected chi connectivity index (χ4v) is 15.3. The lowest BCUT2D eigenvalue weighted by molar-refractivity contribution is -0.345. The lowest BCUT2D eigenvalue weighted by Gasteiger charge is -2.59. The Bertz CT molecular complexity index is 2970. The Kier molecular flexibility index (Phi) is 18.0. The van der Waals surface area contributed by atoms with Crippen LogP contribution >= 0.6 is 0 Å². The number of Topliss-reactive ketones (excluding diaryl/α,β-unsaturated/α-hetero) is 1. The third-order valence-electron chi connectivity index (χ3n) is 18.9. The number of esters is 3. The van der Waals surface area contributed by atoms with Crippen molar-refractivity contribution < 1.29 is 90.5 Å². The second-order valence-corrected chi connectivity index (χ2v) is 26.5. The van der Waals surface area contributed by atoms with Gasteiger partial charge in [0, 0.05) is 45.8 Å². The van der Waals surface area contributed by atoms with E-state index in [0.717, 1.165) is 30.5 Å². The lowest BCUT2D eigenvalue weighted by atomic mass is 9.46. The first kappa shape index (κ1) is 61.4. The summed E-state index contributed by atoms with van der Waals surface area (Å²) in [6.07, 6.45) is -6.90. The van der Waals surface area contributed by atoms with Gasteiger partial charge in [0.1, 0.15) is 46.9 Å². The summed E-state index contributed by atoms with van der Waals surface area (Å²) >= 11 is 0. The van der Waals surface area contributed by atoms with Crippen molar-refractivity contribution in [2.24, 2.45) is 40.4 Å². The minimum absolute atomic E-state index is 0.0168. The minimum Gasteiger partial charge on any atom is -0.497 e. The van der Waals surface area contributed by atoms with E-state index in [-0.39, 0.29) is 74.6 Å². The number of sulfonamides is 1. The average molecular weight is 1170 g/mol. The molecule has 2 aliphatic heterocycles. The number of likely N-dealkylation sites (N-methyl/N-ethyl adjacent to an activating group) is 1. The molecule has 3 aromatic rings. The van der Waals surface area contributed by atoms with Gasteiger partial charge >= 0.3 is 17.9 Å². The highest BCUT2D eigenvalue weighted by atomic mass is 32.2. The number of benzene rings is 2. The van der Waals surface area contributed by atoms with E-state index in [4.69, 9.17) is 42.5 Å². The largest absolute Gasteiger partial charge is 0.497 e. The Labute approximate surface area is 477 Å². The molecule has 4 N–H and O–H groups in total. The van der Waals surface area contributed by atoms with E-state index in [1.54, 1.807) is 6.92 Å². The van der Waals surface area contributed by atoms with E-state index < -0.39 is 120 Å². The minimum atomic E-state index is -3.99. The predicted octanol–water partition coefficient (Wildman–Crippen LogP) is 4.50. The Balaban J connectivity index is 1.01. The second kappa shape index (κ2) is 24.1. The van der Waals surface area contributed by atoms with Crippen LogP contribution in [-0.4, -0.2) is 182 Å². The topological polar surface area (TPSA) is 303 Å². The molecule has 9 rings (SSSR count). The highest BCUT2D eigenvalue weighted by Gasteiger charge is 2.71. The first-order chi connectivity index (χ1) is 38.7. The van der Waals surface area contributed by atoms with E-state index in [1.165, 1.54) is 75.1 Å². The smallest absolute Gasteiger partial charge is 0.338 e. The summed E-state index contributed by atoms with van der Waals surface area (Å²) in [4.78, 5) is 56.9. The van der Waals surface area contributed by atoms with Gasteiger partial charge in [-0.1, -0.05) is 46.3 Å². The van der Waals surface area contributed by atoms with Crippen LogP contribution in [0.3, 0.4) is 0 Å². The molecule has 4 aliphatic carbocycles. The molecule has 3 saturated carbocycles. The number of hydrogen-bond donors (Lipinski definition) is 4. The summed E-state index contributed by atoms with van der Waals surface area (Å²) in [5, 5.41) is 55.5. The SMILES string of the molecule is COc1ccc(C(=O)O[C@H]2[C@H](O[C@@H]3[C@@H](OC(C)=O)[C@H](O[C@H]4C[C@H]5[C@@H]6CC=C7C[C@@H](O)CC[C@]7(C)[C@H]6CC[C@]5(C)[C@@]4(O)[C@H](C)C(=O)CCC(C)C)OC[C@@H]3O)OC[C@@H](O)[C@@H]2OC(=O)CN(C)c2ccc(S(=O)(=O)N(C)C)c3nonc23)cc1. The molecule has 3 heterocycles. The fraction of sp³-hybridized carbons (Fsp3) is 0.690. The van der Waals surface area contributed by atoms with Gasteiger partial charge in [0.2, 0.25) is 10.0 Å². The van der Waals surface area contributed by atoms with Crippen molar-refractivity contribution in [1.82, 2.24) is 14.6 Å². The number of carbonyl (C=O) groups excluding carboxylic acids is 4. The molecular weight excluding hydrogens is 1090 g/mol. The molecule has 0 bridgehead atoms. The number of methoxy groups -OCH3 is 1. The Morgan fingerprint density at radius 2 is 1.48 bits per heavy atom. The van der Waals surface area contributed by atoms with Crippen LogP contribution in [0, 0.1) is 40.4 Å². The van der Waals surface area contributed by atoms with Crippen LogP contribution < -0.4 is 9.64 Å². The number of aliphatic hydroxyl groups excluding tert-OH is 3. The maximum Gasteiger partial charge on any atom is 0.338 e. The van der Waals surface area contributed by atoms with Crippen molar-refractivity contribution in [3.63, 3.8) is 0 Å². The number of hydrogen-bond acceptors (Lipinski definition) is 22. The van der Waals surface area contributed by atoms with E-state index in [0.29, 0.717) is 37.9 Å². The number of fused-ring (bicyclic) bond motifs is 6. The van der Waals surface area contributed by atoms with Gasteiger partial charge < -0.3 is 63.2 Å². The average Bonchev–Trinajstić information content (AvgIpc) is 2.05. The molecule has 2 saturated heterocycles. The molecule has 6 aliphatic rings. The van der Waals surface area contributed by atoms with Gasteiger partial charge in [0.25, 0.3) is 0 Å². The molecule has 0 amide bonds. The summed E-state index contributed by atoms with van der Waals surface area (Å²) in [5.74, 6) is -2.89. The van der Waals surface area contributed by atoms with Crippen LogP contribution in [0.5, 0.6) is 5.75 Å².